The molecule has 0 saturated carbocycles. The van der Waals surface area contributed by atoms with E-state index in [1.54, 1.807) is 6.92 Å². The second-order valence-electron chi connectivity index (χ2n) is 5.71. The molecule has 0 saturated heterocycles. The number of nitrogens with one attached hydrogen (secondary N) is 1. The highest BCUT2D eigenvalue weighted by Crippen LogP contribution is 2.22. The van der Waals surface area contributed by atoms with E-state index in [0.717, 1.165) is 18.4 Å². The van der Waals surface area contributed by atoms with E-state index < -0.39 is 45.8 Å². The molecule has 0 unspecified atom stereocenters. The molecule has 2 aromatic carbocycles. The maximum Gasteiger partial charge on any atom is 0.338 e. The van der Waals surface area contributed by atoms with Gasteiger partial charge < -0.3 is 10.1 Å². The number of esters is 1. The number of nitrogens with zero attached hydrogens (tertiary/aromatic N) is 1. The van der Waals surface area contributed by atoms with E-state index >= 15 is 0 Å². The topological polar surface area (TPSA) is 92.8 Å². The maximum absolute atomic E-state index is 14.0. The second kappa shape index (κ2) is 8.79. The van der Waals surface area contributed by atoms with Gasteiger partial charge in [0.1, 0.15) is 18.2 Å². The van der Waals surface area contributed by atoms with Crippen LogP contribution in [0.5, 0.6) is 0 Å². The van der Waals surface area contributed by atoms with Crippen molar-refractivity contribution in [3.05, 3.63) is 59.7 Å². The summed E-state index contributed by atoms with van der Waals surface area (Å²) in [6.07, 6.45) is 0.796. The number of carbonyl (C=O) groups excluding carboxylic acids is 2. The van der Waals surface area contributed by atoms with Crippen LogP contribution in [-0.4, -0.2) is 39.7 Å². The highest BCUT2D eigenvalue weighted by atomic mass is 32.2. The van der Waals surface area contributed by atoms with Crippen molar-refractivity contribution in [3.8, 4) is 0 Å². The van der Waals surface area contributed by atoms with Gasteiger partial charge in [0.15, 0.2) is 0 Å². The van der Waals surface area contributed by atoms with Gasteiger partial charge >= 0.3 is 5.97 Å². The minimum atomic E-state index is -4.03. The SMILES string of the molecule is CCOC(=O)c1cccc(NC(=O)CN(c2ccc(F)cc2F)S(C)(=O)=O)c1. The van der Waals surface area contributed by atoms with Crippen molar-refractivity contribution in [2.75, 3.05) is 29.0 Å². The largest absolute Gasteiger partial charge is 0.462 e. The molecule has 0 heterocycles. The molecule has 0 radical (unpaired) electrons. The summed E-state index contributed by atoms with van der Waals surface area (Å²) in [6.45, 7) is 1.09. The van der Waals surface area contributed by atoms with E-state index in [0.29, 0.717) is 10.4 Å². The Hall–Kier alpha value is -3.01. The molecular weight excluding hydrogens is 394 g/mol. The second-order valence-corrected chi connectivity index (χ2v) is 7.62. The summed E-state index contributed by atoms with van der Waals surface area (Å²) in [5, 5.41) is 2.43. The van der Waals surface area contributed by atoms with E-state index in [-0.39, 0.29) is 17.9 Å². The molecule has 0 aliphatic rings. The third-order valence-electron chi connectivity index (χ3n) is 3.52. The van der Waals surface area contributed by atoms with Crippen LogP contribution in [0.15, 0.2) is 42.5 Å². The van der Waals surface area contributed by atoms with E-state index in [2.05, 4.69) is 5.32 Å². The highest BCUT2D eigenvalue weighted by Gasteiger charge is 2.24. The number of hydrogen-bond donors (Lipinski definition) is 1. The van der Waals surface area contributed by atoms with Gasteiger partial charge in [0.05, 0.1) is 24.1 Å². The summed E-state index contributed by atoms with van der Waals surface area (Å²) in [5.74, 6) is -3.36. The number of halogens is 2. The molecule has 2 rings (SSSR count). The maximum atomic E-state index is 14.0. The summed E-state index contributed by atoms with van der Waals surface area (Å²) >= 11 is 0. The van der Waals surface area contributed by atoms with Crippen LogP contribution in [0.25, 0.3) is 0 Å². The number of benzene rings is 2. The van der Waals surface area contributed by atoms with E-state index in [4.69, 9.17) is 4.74 Å². The Kier molecular flexibility index (Phi) is 6.68. The number of carbonyl (C=O) groups is 2. The first kappa shape index (κ1) is 21.3. The molecular formula is C18H18F2N2O5S. The summed E-state index contributed by atoms with van der Waals surface area (Å²) < 4.78 is 56.5. The molecule has 1 N–H and O–H groups in total. The van der Waals surface area contributed by atoms with E-state index in [1.165, 1.54) is 24.3 Å². The van der Waals surface area contributed by atoms with Gasteiger partial charge in [-0.25, -0.2) is 22.0 Å². The lowest BCUT2D eigenvalue weighted by Crippen LogP contribution is -2.38. The van der Waals surface area contributed by atoms with Gasteiger partial charge in [-0.2, -0.15) is 0 Å². The number of hydrogen-bond acceptors (Lipinski definition) is 5. The number of anilines is 2. The summed E-state index contributed by atoms with van der Waals surface area (Å²) in [4.78, 5) is 24.0. The first-order chi connectivity index (χ1) is 13.1. The van der Waals surface area contributed by atoms with Gasteiger partial charge in [0.25, 0.3) is 0 Å². The van der Waals surface area contributed by atoms with Crippen molar-refractivity contribution in [1.29, 1.82) is 0 Å². The Labute approximate surface area is 161 Å². The first-order valence-electron chi connectivity index (χ1n) is 8.11. The zero-order valence-electron chi connectivity index (χ0n) is 15.1. The van der Waals surface area contributed by atoms with Gasteiger partial charge in [-0.1, -0.05) is 6.07 Å². The predicted molar refractivity (Wildman–Crippen MR) is 99.6 cm³/mol. The van der Waals surface area contributed by atoms with Gasteiger partial charge in [0, 0.05) is 11.8 Å². The molecule has 0 spiro atoms. The molecule has 28 heavy (non-hydrogen) atoms. The first-order valence-corrected chi connectivity index (χ1v) is 9.96. The fourth-order valence-corrected chi connectivity index (χ4v) is 3.19. The third kappa shape index (κ3) is 5.49. The van der Waals surface area contributed by atoms with Gasteiger partial charge in [-0.05, 0) is 37.3 Å². The zero-order chi connectivity index (χ0) is 20.9. The van der Waals surface area contributed by atoms with Crippen LogP contribution in [0.2, 0.25) is 0 Å². The van der Waals surface area contributed by atoms with Crippen molar-refractivity contribution >= 4 is 33.3 Å². The van der Waals surface area contributed by atoms with Gasteiger partial charge in [-0.3, -0.25) is 9.10 Å². The van der Waals surface area contributed by atoms with Crippen molar-refractivity contribution < 1.29 is 31.5 Å². The van der Waals surface area contributed by atoms with Crippen molar-refractivity contribution in [2.45, 2.75) is 6.92 Å². The van der Waals surface area contributed by atoms with Crippen molar-refractivity contribution in [3.63, 3.8) is 0 Å². The average Bonchev–Trinajstić information content (AvgIpc) is 2.60. The lowest BCUT2D eigenvalue weighted by molar-refractivity contribution is -0.114. The normalized spacial score (nSPS) is 11.0. The van der Waals surface area contributed by atoms with Crippen LogP contribution >= 0.6 is 0 Å². The number of amides is 1. The fraction of sp³-hybridized carbons (Fsp3) is 0.222. The van der Waals surface area contributed by atoms with Crippen LogP contribution in [0, 0.1) is 11.6 Å². The molecule has 0 atom stereocenters. The molecule has 10 heteroatoms. The third-order valence-corrected chi connectivity index (χ3v) is 4.65. The van der Waals surface area contributed by atoms with Crippen LogP contribution in [0.1, 0.15) is 17.3 Å². The van der Waals surface area contributed by atoms with Crippen molar-refractivity contribution in [1.82, 2.24) is 0 Å². The monoisotopic (exact) mass is 412 g/mol. The molecule has 0 fully saturated rings. The van der Waals surface area contributed by atoms with Crippen LogP contribution in [0.3, 0.4) is 0 Å². The lowest BCUT2D eigenvalue weighted by Gasteiger charge is -2.22. The predicted octanol–water partition coefficient (Wildman–Crippen LogP) is 2.55. The summed E-state index contributed by atoms with van der Waals surface area (Å²) in [5.41, 5.74) is -0.0351. The Balaban J connectivity index is 2.21. The number of ether oxygens (including phenoxy) is 1. The summed E-state index contributed by atoms with van der Waals surface area (Å²) in [7, 11) is -4.03. The average molecular weight is 412 g/mol. The Bertz CT molecular complexity index is 995. The van der Waals surface area contributed by atoms with Crippen LogP contribution < -0.4 is 9.62 Å². The lowest BCUT2D eigenvalue weighted by atomic mass is 10.2. The molecule has 7 nitrogen and oxygen atoms in total. The Morgan fingerprint density at radius 3 is 2.46 bits per heavy atom. The quantitative estimate of drug-likeness (QED) is 0.706. The summed E-state index contributed by atoms with van der Waals surface area (Å²) in [6, 6.07) is 8.19. The minimum Gasteiger partial charge on any atom is -0.462 e. The Morgan fingerprint density at radius 2 is 1.86 bits per heavy atom. The smallest absolute Gasteiger partial charge is 0.338 e. The van der Waals surface area contributed by atoms with E-state index in [9.17, 15) is 26.8 Å². The zero-order valence-corrected chi connectivity index (χ0v) is 15.9. The standard InChI is InChI=1S/C18H18F2N2O5S/c1-3-27-18(24)12-5-4-6-14(9-12)21-17(23)11-22(28(2,25)26)16-8-7-13(19)10-15(16)20/h4-10H,3,11H2,1-2H3,(H,21,23). The van der Waals surface area contributed by atoms with Crippen LogP contribution in [-0.2, 0) is 19.6 Å². The fourth-order valence-electron chi connectivity index (χ4n) is 2.33. The molecule has 2 aromatic rings. The number of sulfonamides is 1. The molecule has 150 valence electrons. The molecule has 0 bridgehead atoms. The highest BCUT2D eigenvalue weighted by molar-refractivity contribution is 7.92. The molecule has 1 amide bonds. The molecule has 0 aromatic heterocycles. The van der Waals surface area contributed by atoms with Gasteiger partial charge in [-0.15, -0.1) is 0 Å². The minimum absolute atomic E-state index is 0.183. The molecule has 0 aliphatic carbocycles. The molecule has 0 aliphatic heterocycles. The van der Waals surface area contributed by atoms with E-state index in [1.807, 2.05) is 0 Å². The van der Waals surface area contributed by atoms with Crippen LogP contribution in [0.4, 0.5) is 20.2 Å². The van der Waals surface area contributed by atoms with Crippen molar-refractivity contribution in [2.24, 2.45) is 0 Å². The van der Waals surface area contributed by atoms with Gasteiger partial charge in [0.2, 0.25) is 15.9 Å². The Morgan fingerprint density at radius 1 is 1.14 bits per heavy atom. The number of rotatable bonds is 7.